The van der Waals surface area contributed by atoms with Crippen LogP contribution in [0.15, 0.2) is 9.30 Å². The Labute approximate surface area is 101 Å². The van der Waals surface area contributed by atoms with Crippen molar-refractivity contribution in [2.75, 3.05) is 0 Å². The zero-order valence-electron chi connectivity index (χ0n) is 5.74. The van der Waals surface area contributed by atoms with Crippen molar-refractivity contribution in [3.8, 4) is 0 Å². The summed E-state index contributed by atoms with van der Waals surface area (Å²) in [6.45, 7) is 0. The van der Waals surface area contributed by atoms with E-state index in [1.54, 1.807) is 5.51 Å². The van der Waals surface area contributed by atoms with E-state index in [1.807, 2.05) is 0 Å². The predicted molar refractivity (Wildman–Crippen MR) is 42.4 cm³/mol. The average Bonchev–Trinajstić information content (AvgIpc) is 2.15. The van der Waals surface area contributed by atoms with Crippen LogP contribution in [0.3, 0.4) is 0 Å². The van der Waals surface area contributed by atoms with Gasteiger partial charge in [0.25, 0.3) is 0 Å². The minimum absolute atomic E-state index is 0. The molecule has 0 amide bonds. The summed E-state index contributed by atoms with van der Waals surface area (Å²) in [4.78, 5) is 3.83. The van der Waals surface area contributed by atoms with Crippen molar-refractivity contribution in [3.05, 3.63) is 15.0 Å². The van der Waals surface area contributed by atoms with Gasteiger partial charge in [0.05, 0.1) is 20.7 Å². The second-order valence-corrected chi connectivity index (χ2v) is 4.59. The Hall–Kier alpha value is 1.22. The fraction of sp³-hybridized carbons (Fsp3) is 0.250. The molecule has 0 aliphatic carbocycles. The molecule has 1 atom stereocenters. The Morgan fingerprint density at radius 1 is 1.82 bits per heavy atom. The quantitative estimate of drug-likeness (QED) is 0.472. The van der Waals surface area contributed by atoms with E-state index in [9.17, 15) is 8.76 Å². The molecule has 0 fully saturated rings. The Morgan fingerprint density at radius 2 is 2.45 bits per heavy atom. The van der Waals surface area contributed by atoms with Crippen LogP contribution < -0.4 is 29.6 Å². The van der Waals surface area contributed by atoms with Crippen LogP contribution in [0.25, 0.3) is 0 Å². The third kappa shape index (κ3) is 4.12. The SMILES string of the molecule is O=S([O-])Cc1ncsc1Br.[Na+]. The van der Waals surface area contributed by atoms with Gasteiger partial charge in [0.1, 0.15) is 0 Å². The van der Waals surface area contributed by atoms with Gasteiger partial charge in [0.2, 0.25) is 0 Å². The van der Waals surface area contributed by atoms with Gasteiger partial charge in [-0.25, -0.2) is 4.98 Å². The smallest absolute Gasteiger partial charge is 0.772 e. The van der Waals surface area contributed by atoms with Crippen LogP contribution >= 0.6 is 27.3 Å². The summed E-state index contributed by atoms with van der Waals surface area (Å²) >= 11 is 2.51. The molecule has 0 saturated heterocycles. The molecular formula is C4H3BrNNaO2S2. The number of hydrogen-bond acceptors (Lipinski definition) is 4. The van der Waals surface area contributed by atoms with E-state index in [2.05, 4.69) is 20.9 Å². The zero-order valence-corrected chi connectivity index (χ0v) is 11.0. The van der Waals surface area contributed by atoms with Crippen LogP contribution in [-0.2, 0) is 16.8 Å². The van der Waals surface area contributed by atoms with Crippen molar-refractivity contribution in [2.45, 2.75) is 5.75 Å². The summed E-state index contributed by atoms with van der Waals surface area (Å²) in [6.07, 6.45) is 0. The van der Waals surface area contributed by atoms with E-state index < -0.39 is 11.1 Å². The van der Waals surface area contributed by atoms with Crippen molar-refractivity contribution >= 4 is 38.3 Å². The zero-order chi connectivity index (χ0) is 7.56. The van der Waals surface area contributed by atoms with E-state index >= 15 is 0 Å². The first-order valence-corrected chi connectivity index (χ1v) is 5.25. The van der Waals surface area contributed by atoms with Crippen molar-refractivity contribution in [1.29, 1.82) is 0 Å². The monoisotopic (exact) mass is 263 g/mol. The standard InChI is InChI=1S/C4H4BrNO2S2.Na/c5-4-3(1-10(7)8)6-2-9-4;/h2H,1H2,(H,7,8);/q;+1/p-1. The number of thiazole rings is 1. The van der Waals surface area contributed by atoms with E-state index in [0.29, 0.717) is 5.69 Å². The Morgan fingerprint density at radius 3 is 2.82 bits per heavy atom. The first-order valence-electron chi connectivity index (χ1n) is 2.34. The second-order valence-electron chi connectivity index (χ2n) is 1.52. The Bertz CT molecular complexity index is 254. The molecule has 0 bridgehead atoms. The summed E-state index contributed by atoms with van der Waals surface area (Å²) in [5.41, 5.74) is 2.19. The molecule has 1 aromatic rings. The molecule has 7 heteroatoms. The summed E-state index contributed by atoms with van der Waals surface area (Å²) < 4.78 is 21.1. The predicted octanol–water partition coefficient (Wildman–Crippen LogP) is -1.71. The van der Waals surface area contributed by atoms with E-state index in [0.717, 1.165) is 3.79 Å². The first kappa shape index (κ1) is 12.2. The number of nitrogens with zero attached hydrogens (tertiary/aromatic N) is 1. The maximum absolute atomic E-state index is 10.2. The molecule has 1 heterocycles. The van der Waals surface area contributed by atoms with E-state index in [-0.39, 0.29) is 35.3 Å². The average molecular weight is 264 g/mol. The molecule has 0 spiro atoms. The molecule has 0 aromatic carbocycles. The molecule has 56 valence electrons. The van der Waals surface area contributed by atoms with Crippen molar-refractivity contribution in [1.82, 2.24) is 4.98 Å². The van der Waals surface area contributed by atoms with Crippen LogP contribution in [0.1, 0.15) is 5.69 Å². The van der Waals surface area contributed by atoms with Gasteiger partial charge in [-0.2, -0.15) is 0 Å². The largest absolute Gasteiger partial charge is 1.00 e. The van der Waals surface area contributed by atoms with E-state index in [4.69, 9.17) is 0 Å². The minimum atomic E-state index is -2.04. The van der Waals surface area contributed by atoms with E-state index in [1.165, 1.54) is 11.3 Å². The normalized spacial score (nSPS) is 12.2. The van der Waals surface area contributed by atoms with Crippen LogP contribution in [0.4, 0.5) is 0 Å². The summed E-state index contributed by atoms with van der Waals surface area (Å²) in [5, 5.41) is 0. The van der Waals surface area contributed by atoms with Gasteiger partial charge >= 0.3 is 29.6 Å². The van der Waals surface area contributed by atoms with Gasteiger partial charge in [0, 0.05) is 0 Å². The fourth-order valence-electron chi connectivity index (χ4n) is 0.461. The number of halogens is 1. The number of rotatable bonds is 2. The molecule has 3 nitrogen and oxygen atoms in total. The van der Waals surface area contributed by atoms with Crippen LogP contribution in [0.2, 0.25) is 0 Å². The maximum Gasteiger partial charge on any atom is 1.00 e. The fourth-order valence-corrected chi connectivity index (χ4v) is 2.21. The molecule has 11 heavy (non-hydrogen) atoms. The van der Waals surface area contributed by atoms with Crippen molar-refractivity contribution < 1.29 is 38.3 Å². The number of aromatic nitrogens is 1. The maximum atomic E-state index is 10.2. The third-order valence-electron chi connectivity index (χ3n) is 0.846. The molecule has 0 saturated carbocycles. The van der Waals surface area contributed by atoms with Crippen molar-refractivity contribution in [3.63, 3.8) is 0 Å². The summed E-state index contributed by atoms with van der Waals surface area (Å²) in [6, 6.07) is 0. The summed E-state index contributed by atoms with van der Waals surface area (Å²) in [7, 11) is 0. The molecule has 0 radical (unpaired) electrons. The van der Waals surface area contributed by atoms with Gasteiger partial charge in [-0.1, -0.05) is 0 Å². The minimum Gasteiger partial charge on any atom is -0.772 e. The molecule has 0 aliphatic heterocycles. The third-order valence-corrected chi connectivity index (χ3v) is 3.03. The topological polar surface area (TPSA) is 53.0 Å². The molecular weight excluding hydrogens is 261 g/mol. The Balaban J connectivity index is 0.000001000. The van der Waals surface area contributed by atoms with Gasteiger partial charge < -0.3 is 4.55 Å². The van der Waals surface area contributed by atoms with Crippen LogP contribution in [0.5, 0.6) is 0 Å². The Kier molecular flexibility index (Phi) is 6.44. The van der Waals surface area contributed by atoms with Gasteiger partial charge in [0.15, 0.2) is 0 Å². The van der Waals surface area contributed by atoms with Crippen LogP contribution in [0, 0.1) is 0 Å². The van der Waals surface area contributed by atoms with Gasteiger partial charge in [-0.05, 0) is 27.0 Å². The first-order chi connectivity index (χ1) is 4.70. The van der Waals surface area contributed by atoms with Crippen LogP contribution in [-0.4, -0.2) is 13.7 Å². The second kappa shape index (κ2) is 5.80. The molecule has 1 unspecified atom stereocenters. The molecule has 0 N–H and O–H groups in total. The summed E-state index contributed by atoms with van der Waals surface area (Å²) in [5.74, 6) is -0.00984. The molecule has 1 aromatic heterocycles. The number of hydrogen-bond donors (Lipinski definition) is 0. The van der Waals surface area contributed by atoms with Crippen molar-refractivity contribution in [2.24, 2.45) is 0 Å². The molecule has 1 rings (SSSR count). The van der Waals surface area contributed by atoms with Gasteiger partial charge in [-0.3, -0.25) is 4.21 Å². The van der Waals surface area contributed by atoms with Gasteiger partial charge in [-0.15, -0.1) is 11.3 Å². The molecule has 0 aliphatic rings.